The zero-order valence-corrected chi connectivity index (χ0v) is 11.9. The molecule has 8 heteroatoms. The van der Waals surface area contributed by atoms with E-state index in [1.54, 1.807) is 6.92 Å². The van der Waals surface area contributed by atoms with Crippen molar-refractivity contribution in [1.29, 1.82) is 0 Å². The maximum atomic E-state index is 12.4. The molecule has 1 aromatic heterocycles. The fourth-order valence-corrected chi connectivity index (χ4v) is 2.44. The molecule has 1 aliphatic heterocycles. The van der Waals surface area contributed by atoms with Crippen molar-refractivity contribution in [2.24, 2.45) is 0 Å². The number of amides is 1. The fraction of sp³-hybridized carbons (Fsp3) is 0.615. The maximum absolute atomic E-state index is 12.4. The molecule has 0 atom stereocenters. The van der Waals surface area contributed by atoms with Crippen LogP contribution in [0.2, 0.25) is 0 Å². The summed E-state index contributed by atoms with van der Waals surface area (Å²) in [4.78, 5) is 22.7. The summed E-state index contributed by atoms with van der Waals surface area (Å²) in [6, 6.07) is 1.25. The number of aliphatic hydroxyl groups excluding tert-OH is 1. The Kier molecular flexibility index (Phi) is 4.59. The largest absolute Gasteiger partial charge is 0.394 e. The number of carbonyl (C=O) groups excluding carboxylic acids is 1. The lowest BCUT2D eigenvalue weighted by atomic mass is 9.91. The SMILES string of the molecule is CCn1cc([N+](=O)[O-])cc1C(=O)NC1(CO)CCOCC1. The van der Waals surface area contributed by atoms with E-state index in [4.69, 9.17) is 4.74 Å². The summed E-state index contributed by atoms with van der Waals surface area (Å²) in [5.74, 6) is -0.416. The number of aromatic nitrogens is 1. The first-order valence-electron chi connectivity index (χ1n) is 6.87. The quantitative estimate of drug-likeness (QED) is 0.614. The number of hydrogen-bond donors (Lipinski definition) is 2. The zero-order chi connectivity index (χ0) is 15.5. The molecule has 8 nitrogen and oxygen atoms in total. The van der Waals surface area contributed by atoms with Gasteiger partial charge in [-0.3, -0.25) is 14.9 Å². The fourth-order valence-electron chi connectivity index (χ4n) is 2.44. The smallest absolute Gasteiger partial charge is 0.287 e. The standard InChI is InChI=1S/C13H19N3O5/c1-2-15-8-10(16(19)20)7-11(15)12(18)14-13(9-17)3-5-21-6-4-13/h7-8,17H,2-6,9H2,1H3,(H,14,18). The van der Waals surface area contributed by atoms with Crippen molar-refractivity contribution in [1.82, 2.24) is 9.88 Å². The highest BCUT2D eigenvalue weighted by molar-refractivity contribution is 5.94. The topological polar surface area (TPSA) is 107 Å². The van der Waals surface area contributed by atoms with E-state index in [9.17, 15) is 20.0 Å². The van der Waals surface area contributed by atoms with Gasteiger partial charge in [-0.1, -0.05) is 0 Å². The number of nitro groups is 1. The van der Waals surface area contributed by atoms with Crippen molar-refractivity contribution in [2.45, 2.75) is 31.8 Å². The minimum Gasteiger partial charge on any atom is -0.394 e. The highest BCUT2D eigenvalue weighted by Crippen LogP contribution is 2.22. The Bertz CT molecular complexity index is 534. The third-order valence-electron chi connectivity index (χ3n) is 3.80. The van der Waals surface area contributed by atoms with Gasteiger partial charge in [0.1, 0.15) is 5.69 Å². The minimum absolute atomic E-state index is 0.118. The number of nitrogens with zero attached hydrogens (tertiary/aromatic N) is 2. The van der Waals surface area contributed by atoms with Gasteiger partial charge in [-0.05, 0) is 19.8 Å². The predicted molar refractivity (Wildman–Crippen MR) is 74.1 cm³/mol. The molecule has 0 saturated carbocycles. The lowest BCUT2D eigenvalue weighted by Gasteiger charge is -2.36. The lowest BCUT2D eigenvalue weighted by molar-refractivity contribution is -0.384. The van der Waals surface area contributed by atoms with Crippen molar-refractivity contribution >= 4 is 11.6 Å². The molecular formula is C13H19N3O5. The van der Waals surface area contributed by atoms with E-state index in [0.717, 1.165) is 0 Å². The van der Waals surface area contributed by atoms with Crippen LogP contribution in [0.5, 0.6) is 0 Å². The van der Waals surface area contributed by atoms with Gasteiger partial charge in [-0.2, -0.15) is 0 Å². The van der Waals surface area contributed by atoms with E-state index in [-0.39, 0.29) is 18.0 Å². The Hall–Kier alpha value is -1.93. The first-order valence-corrected chi connectivity index (χ1v) is 6.87. The molecule has 1 fully saturated rings. The predicted octanol–water partition coefficient (Wildman–Crippen LogP) is 0.687. The molecule has 21 heavy (non-hydrogen) atoms. The van der Waals surface area contributed by atoms with Gasteiger partial charge < -0.3 is 19.7 Å². The van der Waals surface area contributed by atoms with E-state index in [2.05, 4.69) is 5.32 Å². The van der Waals surface area contributed by atoms with Crippen LogP contribution in [0.1, 0.15) is 30.3 Å². The van der Waals surface area contributed by atoms with E-state index in [0.29, 0.717) is 32.6 Å². The summed E-state index contributed by atoms with van der Waals surface area (Å²) in [6.07, 6.45) is 2.37. The average Bonchev–Trinajstić information content (AvgIpc) is 2.93. The molecule has 2 heterocycles. The van der Waals surface area contributed by atoms with E-state index in [1.165, 1.54) is 16.8 Å². The van der Waals surface area contributed by atoms with E-state index in [1.807, 2.05) is 0 Å². The van der Waals surface area contributed by atoms with Gasteiger partial charge >= 0.3 is 0 Å². The number of rotatable bonds is 5. The molecule has 0 aromatic carbocycles. The third-order valence-corrected chi connectivity index (χ3v) is 3.80. The van der Waals surface area contributed by atoms with E-state index < -0.39 is 16.4 Å². The van der Waals surface area contributed by atoms with Crippen molar-refractivity contribution in [2.75, 3.05) is 19.8 Å². The van der Waals surface area contributed by atoms with Gasteiger partial charge in [0, 0.05) is 25.8 Å². The summed E-state index contributed by atoms with van der Waals surface area (Å²) in [6.45, 7) is 3.01. The molecule has 1 saturated heterocycles. The summed E-state index contributed by atoms with van der Waals surface area (Å²) < 4.78 is 6.76. The van der Waals surface area contributed by atoms with Crippen LogP contribution in [-0.2, 0) is 11.3 Å². The summed E-state index contributed by atoms with van der Waals surface area (Å²) >= 11 is 0. The second-order valence-electron chi connectivity index (χ2n) is 5.13. The lowest BCUT2D eigenvalue weighted by Crippen LogP contribution is -2.54. The molecule has 0 bridgehead atoms. The third kappa shape index (κ3) is 3.22. The number of ether oxygens (including phenoxy) is 1. The molecule has 0 spiro atoms. The molecule has 1 aliphatic rings. The van der Waals surface area contributed by atoms with Crippen molar-refractivity contribution in [3.8, 4) is 0 Å². The van der Waals surface area contributed by atoms with Gasteiger partial charge in [-0.25, -0.2) is 0 Å². The number of nitrogens with one attached hydrogen (secondary N) is 1. The van der Waals surface area contributed by atoms with Crippen LogP contribution in [-0.4, -0.2) is 45.9 Å². The van der Waals surface area contributed by atoms with Crippen LogP contribution < -0.4 is 5.32 Å². The van der Waals surface area contributed by atoms with Gasteiger partial charge in [0.05, 0.1) is 23.3 Å². The van der Waals surface area contributed by atoms with Gasteiger partial charge in [0.25, 0.3) is 11.6 Å². The summed E-state index contributed by atoms with van der Waals surface area (Å²) in [5, 5.41) is 23.2. The summed E-state index contributed by atoms with van der Waals surface area (Å²) in [5.41, 5.74) is -0.608. The summed E-state index contributed by atoms with van der Waals surface area (Å²) in [7, 11) is 0. The van der Waals surface area contributed by atoms with Crippen LogP contribution in [0.4, 0.5) is 5.69 Å². The van der Waals surface area contributed by atoms with Gasteiger partial charge in [0.2, 0.25) is 0 Å². The Morgan fingerprint density at radius 1 is 1.57 bits per heavy atom. The highest BCUT2D eigenvalue weighted by Gasteiger charge is 2.34. The molecule has 0 unspecified atom stereocenters. The number of hydrogen-bond acceptors (Lipinski definition) is 5. The Balaban J connectivity index is 2.21. The van der Waals surface area contributed by atoms with E-state index >= 15 is 0 Å². The second-order valence-corrected chi connectivity index (χ2v) is 5.13. The molecule has 2 rings (SSSR count). The highest BCUT2D eigenvalue weighted by atomic mass is 16.6. The van der Waals surface area contributed by atoms with Crippen molar-refractivity contribution < 1.29 is 19.6 Å². The van der Waals surface area contributed by atoms with Crippen LogP contribution in [0.3, 0.4) is 0 Å². The monoisotopic (exact) mass is 297 g/mol. The number of carbonyl (C=O) groups is 1. The average molecular weight is 297 g/mol. The maximum Gasteiger partial charge on any atom is 0.287 e. The molecule has 2 N–H and O–H groups in total. The Labute approximate surface area is 121 Å². The zero-order valence-electron chi connectivity index (χ0n) is 11.9. The minimum atomic E-state index is -0.715. The van der Waals surface area contributed by atoms with Crippen molar-refractivity contribution in [3.05, 3.63) is 28.1 Å². The first kappa shape index (κ1) is 15.5. The number of aliphatic hydroxyl groups is 1. The van der Waals surface area contributed by atoms with Crippen LogP contribution in [0.25, 0.3) is 0 Å². The Morgan fingerprint density at radius 3 is 2.76 bits per heavy atom. The van der Waals surface area contributed by atoms with Crippen LogP contribution in [0, 0.1) is 10.1 Å². The molecule has 0 aliphatic carbocycles. The van der Waals surface area contributed by atoms with Crippen LogP contribution >= 0.6 is 0 Å². The molecular weight excluding hydrogens is 278 g/mol. The first-order chi connectivity index (χ1) is 10.0. The van der Waals surface area contributed by atoms with Gasteiger partial charge in [0.15, 0.2) is 0 Å². The normalized spacial score (nSPS) is 17.4. The molecule has 0 radical (unpaired) electrons. The van der Waals surface area contributed by atoms with Crippen LogP contribution in [0.15, 0.2) is 12.3 Å². The molecule has 1 amide bonds. The van der Waals surface area contributed by atoms with Gasteiger partial charge in [-0.15, -0.1) is 0 Å². The Morgan fingerprint density at radius 2 is 2.24 bits per heavy atom. The van der Waals surface area contributed by atoms with Crippen molar-refractivity contribution in [3.63, 3.8) is 0 Å². The second kappa shape index (κ2) is 6.23. The molecule has 116 valence electrons. The number of aryl methyl sites for hydroxylation is 1. The molecule has 1 aromatic rings.